The van der Waals surface area contributed by atoms with Crippen LogP contribution in [0.15, 0.2) is 0 Å². The van der Waals surface area contributed by atoms with Crippen LogP contribution in [0.5, 0.6) is 0 Å². The molecule has 118 valence electrons. The van der Waals surface area contributed by atoms with Crippen molar-refractivity contribution in [3.63, 3.8) is 0 Å². The molecule has 2 N–H and O–H groups in total. The zero-order chi connectivity index (χ0) is 15.5. The Labute approximate surface area is 126 Å². The first-order valence-electron chi connectivity index (χ1n) is 8.24. The van der Waals surface area contributed by atoms with E-state index < -0.39 is 11.4 Å². The minimum atomic E-state index is -0.802. The molecule has 4 heteroatoms. The van der Waals surface area contributed by atoms with Crippen molar-refractivity contribution in [2.45, 2.75) is 71.8 Å². The summed E-state index contributed by atoms with van der Waals surface area (Å²) < 4.78 is 0. The number of carboxylic acids is 1. The molecule has 0 spiro atoms. The highest BCUT2D eigenvalue weighted by atomic mass is 16.4. The first kappa shape index (κ1) is 14.9. The number of fused-ring (bicyclic) bond motifs is 2. The van der Waals surface area contributed by atoms with Gasteiger partial charge in [-0.15, -0.1) is 0 Å². The van der Waals surface area contributed by atoms with E-state index >= 15 is 0 Å². The predicted octanol–water partition coefficient (Wildman–Crippen LogP) is 2.96. The zero-order valence-corrected chi connectivity index (χ0v) is 13.4. The molecule has 3 aliphatic rings. The van der Waals surface area contributed by atoms with E-state index in [4.69, 9.17) is 0 Å². The van der Waals surface area contributed by atoms with Gasteiger partial charge in [0.05, 0.1) is 5.41 Å². The summed E-state index contributed by atoms with van der Waals surface area (Å²) in [7, 11) is 0. The summed E-state index contributed by atoms with van der Waals surface area (Å²) in [6.45, 7) is 6.93. The quantitative estimate of drug-likeness (QED) is 0.837. The topological polar surface area (TPSA) is 66.4 Å². The molecule has 3 rings (SSSR count). The fourth-order valence-corrected chi connectivity index (χ4v) is 5.04. The SMILES string of the molecule is CC1(C)C2CCC1(C)C(NC(=O)CC1(C(=O)O)CCC1)C2. The monoisotopic (exact) mass is 293 g/mol. The van der Waals surface area contributed by atoms with Gasteiger partial charge in [0.2, 0.25) is 5.91 Å². The number of carboxylic acid groups (broad SMARTS) is 1. The lowest BCUT2D eigenvalue weighted by atomic mass is 9.66. The summed E-state index contributed by atoms with van der Waals surface area (Å²) in [6.07, 6.45) is 5.84. The Morgan fingerprint density at radius 3 is 2.24 bits per heavy atom. The molecule has 0 heterocycles. The van der Waals surface area contributed by atoms with Crippen molar-refractivity contribution in [1.29, 1.82) is 0 Å². The number of carbonyl (C=O) groups is 2. The maximum absolute atomic E-state index is 12.4. The first-order chi connectivity index (χ1) is 9.71. The normalized spacial score (nSPS) is 38.8. The van der Waals surface area contributed by atoms with Gasteiger partial charge in [-0.2, -0.15) is 0 Å². The Morgan fingerprint density at radius 1 is 1.19 bits per heavy atom. The van der Waals surface area contributed by atoms with E-state index in [1.54, 1.807) is 0 Å². The lowest BCUT2D eigenvalue weighted by Crippen LogP contribution is -2.49. The molecule has 0 aromatic heterocycles. The van der Waals surface area contributed by atoms with Crippen LogP contribution in [0.25, 0.3) is 0 Å². The second-order valence-corrected chi connectivity index (χ2v) is 8.35. The average molecular weight is 293 g/mol. The van der Waals surface area contributed by atoms with Crippen LogP contribution in [0.3, 0.4) is 0 Å². The van der Waals surface area contributed by atoms with Crippen molar-refractivity contribution in [3.05, 3.63) is 0 Å². The van der Waals surface area contributed by atoms with Gasteiger partial charge >= 0.3 is 5.97 Å². The van der Waals surface area contributed by atoms with Crippen LogP contribution in [-0.4, -0.2) is 23.0 Å². The van der Waals surface area contributed by atoms with E-state index in [0.29, 0.717) is 18.8 Å². The molecule has 3 unspecified atom stereocenters. The number of hydrogen-bond donors (Lipinski definition) is 2. The summed E-state index contributed by atoms with van der Waals surface area (Å²) in [5.41, 5.74) is -0.354. The third kappa shape index (κ3) is 1.94. The fraction of sp³-hybridized carbons (Fsp3) is 0.882. The highest BCUT2D eigenvalue weighted by Gasteiger charge is 2.61. The second kappa shape index (κ2) is 4.47. The lowest BCUT2D eigenvalue weighted by molar-refractivity contribution is -0.157. The number of hydrogen-bond acceptors (Lipinski definition) is 2. The summed E-state index contributed by atoms with van der Waals surface area (Å²) in [5.74, 6) is -0.181. The zero-order valence-electron chi connectivity index (χ0n) is 13.4. The smallest absolute Gasteiger partial charge is 0.310 e. The maximum Gasteiger partial charge on any atom is 0.310 e. The number of carbonyl (C=O) groups excluding carboxylic acids is 1. The van der Waals surface area contributed by atoms with Gasteiger partial charge in [0.15, 0.2) is 0 Å². The lowest BCUT2D eigenvalue weighted by Gasteiger charge is -2.41. The Bertz CT molecular complexity index is 480. The molecule has 3 atom stereocenters. The third-order valence-electron chi connectivity index (χ3n) is 7.39. The molecule has 1 amide bonds. The van der Waals surface area contributed by atoms with E-state index in [0.717, 1.165) is 12.8 Å². The van der Waals surface area contributed by atoms with Crippen LogP contribution in [0.1, 0.15) is 65.7 Å². The van der Waals surface area contributed by atoms with Gasteiger partial charge in [-0.3, -0.25) is 9.59 Å². The molecule has 4 nitrogen and oxygen atoms in total. The van der Waals surface area contributed by atoms with Gasteiger partial charge < -0.3 is 10.4 Å². The minimum absolute atomic E-state index is 0.0633. The van der Waals surface area contributed by atoms with Gasteiger partial charge in [-0.25, -0.2) is 0 Å². The van der Waals surface area contributed by atoms with Gasteiger partial charge in [-0.05, 0) is 48.9 Å². The third-order valence-corrected chi connectivity index (χ3v) is 7.39. The summed E-state index contributed by atoms with van der Waals surface area (Å²) in [5, 5.41) is 12.5. The van der Waals surface area contributed by atoms with E-state index in [-0.39, 0.29) is 29.2 Å². The Balaban J connectivity index is 1.66. The second-order valence-electron chi connectivity index (χ2n) is 8.35. The van der Waals surface area contributed by atoms with E-state index in [1.807, 2.05) is 0 Å². The Hall–Kier alpha value is -1.06. The van der Waals surface area contributed by atoms with Crippen LogP contribution in [-0.2, 0) is 9.59 Å². The van der Waals surface area contributed by atoms with Crippen molar-refractivity contribution >= 4 is 11.9 Å². The van der Waals surface area contributed by atoms with Crippen molar-refractivity contribution < 1.29 is 14.7 Å². The van der Waals surface area contributed by atoms with E-state index in [9.17, 15) is 14.7 Å². The molecule has 3 aliphatic carbocycles. The minimum Gasteiger partial charge on any atom is -0.481 e. The highest BCUT2D eigenvalue weighted by molar-refractivity contribution is 5.85. The number of aliphatic carboxylic acids is 1. The summed E-state index contributed by atoms with van der Waals surface area (Å²) in [6, 6.07) is 0.213. The Morgan fingerprint density at radius 2 is 1.86 bits per heavy atom. The number of amides is 1. The molecule has 0 saturated heterocycles. The van der Waals surface area contributed by atoms with Gasteiger partial charge in [0, 0.05) is 12.5 Å². The summed E-state index contributed by atoms with van der Waals surface area (Å²) in [4.78, 5) is 23.8. The van der Waals surface area contributed by atoms with Crippen LogP contribution in [0.2, 0.25) is 0 Å². The first-order valence-corrected chi connectivity index (χ1v) is 8.24. The molecule has 0 radical (unpaired) electrons. The van der Waals surface area contributed by atoms with Crippen molar-refractivity contribution in [1.82, 2.24) is 5.32 Å². The molecule has 2 bridgehead atoms. The maximum atomic E-state index is 12.4. The van der Waals surface area contributed by atoms with Crippen molar-refractivity contribution in [2.24, 2.45) is 22.2 Å². The molecular weight excluding hydrogens is 266 g/mol. The van der Waals surface area contributed by atoms with Crippen molar-refractivity contribution in [3.8, 4) is 0 Å². The predicted molar refractivity (Wildman–Crippen MR) is 79.7 cm³/mol. The highest BCUT2D eigenvalue weighted by Crippen LogP contribution is 2.65. The molecule has 3 saturated carbocycles. The standard InChI is InChI=1S/C17H27NO3/c1-15(2)11-5-8-16(15,3)12(9-11)18-13(19)10-17(14(20)21)6-4-7-17/h11-12H,4-10H2,1-3H3,(H,18,19)(H,20,21). The van der Waals surface area contributed by atoms with E-state index in [2.05, 4.69) is 26.1 Å². The molecule has 3 fully saturated rings. The fourth-order valence-electron chi connectivity index (χ4n) is 5.04. The Kier molecular flexibility index (Phi) is 3.16. The molecule has 0 aromatic carbocycles. The molecule has 21 heavy (non-hydrogen) atoms. The van der Waals surface area contributed by atoms with Crippen LogP contribution < -0.4 is 5.32 Å². The van der Waals surface area contributed by atoms with Crippen LogP contribution in [0.4, 0.5) is 0 Å². The van der Waals surface area contributed by atoms with Gasteiger partial charge in [0.1, 0.15) is 0 Å². The summed E-state index contributed by atoms with van der Waals surface area (Å²) >= 11 is 0. The molecular formula is C17H27NO3. The molecule has 0 aliphatic heterocycles. The van der Waals surface area contributed by atoms with Gasteiger partial charge in [0.25, 0.3) is 0 Å². The average Bonchev–Trinajstić information content (AvgIpc) is 2.66. The molecule has 0 aromatic rings. The van der Waals surface area contributed by atoms with Gasteiger partial charge in [-0.1, -0.05) is 27.2 Å². The number of rotatable bonds is 4. The largest absolute Gasteiger partial charge is 0.481 e. The van der Waals surface area contributed by atoms with E-state index in [1.165, 1.54) is 12.8 Å². The number of nitrogens with one attached hydrogen (secondary N) is 1. The van der Waals surface area contributed by atoms with Crippen molar-refractivity contribution in [2.75, 3.05) is 0 Å². The van der Waals surface area contributed by atoms with Crippen LogP contribution >= 0.6 is 0 Å². The van der Waals surface area contributed by atoms with Crippen LogP contribution in [0, 0.1) is 22.2 Å².